The summed E-state index contributed by atoms with van der Waals surface area (Å²) >= 11 is 1.79. The van der Waals surface area contributed by atoms with Crippen molar-refractivity contribution in [3.63, 3.8) is 0 Å². The highest BCUT2D eigenvalue weighted by Crippen LogP contribution is 2.30. The smallest absolute Gasteiger partial charge is 0.376 e. The molecular weight excluding hydrogens is 363 g/mol. The third-order valence-corrected chi connectivity index (χ3v) is 5.30. The molecular formula is C18H20F3N3OS. The fourth-order valence-corrected chi connectivity index (χ4v) is 3.79. The molecule has 2 N–H and O–H groups in total. The van der Waals surface area contributed by atoms with Gasteiger partial charge in [-0.3, -0.25) is 9.69 Å². The van der Waals surface area contributed by atoms with Gasteiger partial charge in [0.15, 0.2) is 0 Å². The summed E-state index contributed by atoms with van der Waals surface area (Å²) in [4.78, 5) is 15.6. The van der Waals surface area contributed by atoms with Gasteiger partial charge in [0.1, 0.15) is 0 Å². The molecule has 1 aromatic heterocycles. The first-order valence-electron chi connectivity index (χ1n) is 8.37. The minimum absolute atomic E-state index is 0.0595. The molecule has 8 heteroatoms. The van der Waals surface area contributed by atoms with Crippen LogP contribution in [0.4, 0.5) is 18.9 Å². The first kappa shape index (κ1) is 18.7. The standard InChI is InChI=1S/C18H20F3N3OS/c19-18(20,21)14-2-1-3-15(10-14)23-11-17(25)22-6-8-24-7-4-16-13(12-24)5-9-26-16/h1-3,5,9-10,23H,4,6-8,11-12H2,(H,22,25). The first-order chi connectivity index (χ1) is 12.4. The van der Waals surface area contributed by atoms with E-state index in [1.807, 2.05) is 0 Å². The molecule has 0 radical (unpaired) electrons. The van der Waals surface area contributed by atoms with Crippen molar-refractivity contribution in [1.82, 2.24) is 10.2 Å². The molecule has 4 nitrogen and oxygen atoms in total. The Morgan fingerprint density at radius 2 is 2.12 bits per heavy atom. The van der Waals surface area contributed by atoms with Gasteiger partial charge in [-0.05, 0) is 41.6 Å². The summed E-state index contributed by atoms with van der Waals surface area (Å²) in [6.07, 6.45) is -3.35. The van der Waals surface area contributed by atoms with Gasteiger partial charge in [0, 0.05) is 36.7 Å². The van der Waals surface area contributed by atoms with Gasteiger partial charge in [0.2, 0.25) is 5.91 Å². The van der Waals surface area contributed by atoms with Crippen molar-refractivity contribution in [3.8, 4) is 0 Å². The Hall–Kier alpha value is -2.06. The highest BCUT2D eigenvalue weighted by atomic mass is 32.1. The number of benzene rings is 1. The number of carbonyl (C=O) groups is 1. The molecule has 1 aromatic carbocycles. The van der Waals surface area contributed by atoms with Crippen LogP contribution in [0.3, 0.4) is 0 Å². The molecule has 0 spiro atoms. The van der Waals surface area contributed by atoms with Crippen LogP contribution in [0.5, 0.6) is 0 Å². The van der Waals surface area contributed by atoms with E-state index in [1.54, 1.807) is 11.3 Å². The Labute approximate surface area is 154 Å². The predicted molar refractivity (Wildman–Crippen MR) is 96.2 cm³/mol. The molecule has 0 aliphatic carbocycles. The largest absolute Gasteiger partial charge is 0.416 e. The lowest BCUT2D eigenvalue weighted by atomic mass is 10.1. The molecule has 0 atom stereocenters. The van der Waals surface area contributed by atoms with Crippen LogP contribution in [0, 0.1) is 0 Å². The van der Waals surface area contributed by atoms with Crippen molar-refractivity contribution >= 4 is 22.9 Å². The van der Waals surface area contributed by atoms with Crippen LogP contribution in [0.25, 0.3) is 0 Å². The normalized spacial score (nSPS) is 14.7. The van der Waals surface area contributed by atoms with E-state index in [2.05, 4.69) is 27.0 Å². The second-order valence-corrected chi connectivity index (χ2v) is 7.18. The number of alkyl halides is 3. The zero-order valence-electron chi connectivity index (χ0n) is 14.1. The van der Waals surface area contributed by atoms with Crippen molar-refractivity contribution in [2.45, 2.75) is 19.1 Å². The zero-order chi connectivity index (χ0) is 18.6. The van der Waals surface area contributed by atoms with Crippen molar-refractivity contribution in [2.24, 2.45) is 0 Å². The Bertz CT molecular complexity index is 760. The Balaban J connectivity index is 1.39. The lowest BCUT2D eigenvalue weighted by molar-refractivity contribution is -0.137. The number of fused-ring (bicyclic) bond motifs is 1. The van der Waals surface area contributed by atoms with Gasteiger partial charge < -0.3 is 10.6 Å². The highest BCUT2D eigenvalue weighted by molar-refractivity contribution is 7.10. The summed E-state index contributed by atoms with van der Waals surface area (Å²) < 4.78 is 38.0. The molecule has 1 amide bonds. The van der Waals surface area contributed by atoms with Gasteiger partial charge in [-0.1, -0.05) is 6.07 Å². The fraction of sp³-hybridized carbons (Fsp3) is 0.389. The topological polar surface area (TPSA) is 44.4 Å². The van der Waals surface area contributed by atoms with E-state index in [1.165, 1.54) is 22.6 Å². The third kappa shape index (κ3) is 4.98. The van der Waals surface area contributed by atoms with Gasteiger partial charge in [-0.25, -0.2) is 0 Å². The second kappa shape index (κ2) is 8.09. The van der Waals surface area contributed by atoms with Crippen molar-refractivity contribution in [2.75, 3.05) is 31.5 Å². The first-order valence-corrected chi connectivity index (χ1v) is 9.25. The minimum Gasteiger partial charge on any atom is -0.376 e. The van der Waals surface area contributed by atoms with Gasteiger partial charge in [-0.15, -0.1) is 11.3 Å². The van der Waals surface area contributed by atoms with E-state index >= 15 is 0 Å². The number of nitrogens with one attached hydrogen (secondary N) is 2. The van der Waals surface area contributed by atoms with Crippen molar-refractivity contribution < 1.29 is 18.0 Å². The Kier molecular flexibility index (Phi) is 5.83. The van der Waals surface area contributed by atoms with Crippen LogP contribution in [-0.2, 0) is 23.9 Å². The van der Waals surface area contributed by atoms with E-state index in [0.29, 0.717) is 6.54 Å². The summed E-state index contributed by atoms with van der Waals surface area (Å²) in [5, 5.41) is 7.64. The number of hydrogen-bond donors (Lipinski definition) is 2. The highest BCUT2D eigenvalue weighted by Gasteiger charge is 2.30. The number of carbonyl (C=O) groups excluding carboxylic acids is 1. The van der Waals surface area contributed by atoms with Gasteiger partial charge in [0.05, 0.1) is 12.1 Å². The van der Waals surface area contributed by atoms with Gasteiger partial charge in [-0.2, -0.15) is 13.2 Å². The number of halogens is 3. The summed E-state index contributed by atoms with van der Waals surface area (Å²) in [5.74, 6) is -0.240. The van der Waals surface area contributed by atoms with Crippen molar-refractivity contribution in [1.29, 1.82) is 0 Å². The third-order valence-electron chi connectivity index (χ3n) is 4.28. The number of rotatable bonds is 6. The molecule has 2 heterocycles. The van der Waals surface area contributed by atoms with E-state index in [4.69, 9.17) is 0 Å². The number of thiophene rings is 1. The maximum Gasteiger partial charge on any atom is 0.416 e. The van der Waals surface area contributed by atoms with Crippen LogP contribution < -0.4 is 10.6 Å². The number of amides is 1. The molecule has 140 valence electrons. The maximum absolute atomic E-state index is 12.7. The number of hydrogen-bond acceptors (Lipinski definition) is 4. The van der Waals surface area contributed by atoms with E-state index in [9.17, 15) is 18.0 Å². The van der Waals surface area contributed by atoms with E-state index in [0.717, 1.165) is 38.2 Å². The summed E-state index contributed by atoms with van der Waals surface area (Å²) in [6.45, 7) is 3.09. The van der Waals surface area contributed by atoms with Crippen molar-refractivity contribution in [3.05, 3.63) is 51.7 Å². The molecule has 3 rings (SSSR count). The van der Waals surface area contributed by atoms with E-state index in [-0.39, 0.29) is 18.1 Å². The van der Waals surface area contributed by atoms with E-state index < -0.39 is 11.7 Å². The quantitative estimate of drug-likeness (QED) is 0.804. The zero-order valence-corrected chi connectivity index (χ0v) is 14.9. The summed E-state index contributed by atoms with van der Waals surface area (Å²) in [6, 6.07) is 6.97. The van der Waals surface area contributed by atoms with Crippen LogP contribution >= 0.6 is 11.3 Å². The molecule has 0 saturated heterocycles. The van der Waals surface area contributed by atoms with Crippen LogP contribution in [0.15, 0.2) is 35.7 Å². The molecule has 0 unspecified atom stereocenters. The monoisotopic (exact) mass is 383 g/mol. The lowest BCUT2D eigenvalue weighted by Gasteiger charge is -2.26. The number of nitrogens with zero attached hydrogens (tertiary/aromatic N) is 1. The molecule has 1 aliphatic heterocycles. The second-order valence-electron chi connectivity index (χ2n) is 6.18. The van der Waals surface area contributed by atoms with Crippen LogP contribution in [-0.4, -0.2) is 37.0 Å². The van der Waals surface area contributed by atoms with Gasteiger partial charge in [0.25, 0.3) is 0 Å². The maximum atomic E-state index is 12.7. The SMILES string of the molecule is O=C(CNc1cccc(C(F)(F)F)c1)NCCN1CCc2sccc2C1. The average Bonchev–Trinajstić information content (AvgIpc) is 3.07. The average molecular weight is 383 g/mol. The summed E-state index contributed by atoms with van der Waals surface area (Å²) in [5.41, 5.74) is 0.899. The molecule has 0 fully saturated rings. The van der Waals surface area contributed by atoms with Crippen LogP contribution in [0.1, 0.15) is 16.0 Å². The number of anilines is 1. The molecule has 2 aromatic rings. The fourth-order valence-electron chi connectivity index (χ4n) is 2.90. The lowest BCUT2D eigenvalue weighted by Crippen LogP contribution is -2.39. The Morgan fingerprint density at radius 1 is 1.27 bits per heavy atom. The minimum atomic E-state index is -4.39. The molecule has 1 aliphatic rings. The Morgan fingerprint density at radius 3 is 2.92 bits per heavy atom. The molecule has 0 bridgehead atoms. The predicted octanol–water partition coefficient (Wildman–Crippen LogP) is 3.35. The van der Waals surface area contributed by atoms with Gasteiger partial charge >= 0.3 is 6.18 Å². The molecule has 0 saturated carbocycles. The van der Waals surface area contributed by atoms with Crippen LogP contribution in [0.2, 0.25) is 0 Å². The molecule has 26 heavy (non-hydrogen) atoms. The summed E-state index contributed by atoms with van der Waals surface area (Å²) in [7, 11) is 0.